The van der Waals surface area contributed by atoms with E-state index in [-0.39, 0.29) is 0 Å². The Morgan fingerprint density at radius 1 is 1.31 bits per heavy atom. The highest BCUT2D eigenvalue weighted by molar-refractivity contribution is 5.88. The highest BCUT2D eigenvalue weighted by atomic mass is 16.5. The molecule has 86 valence electrons. The summed E-state index contributed by atoms with van der Waals surface area (Å²) in [7, 11) is 0. The van der Waals surface area contributed by atoms with E-state index >= 15 is 0 Å². The number of aromatic hydroxyl groups is 1. The van der Waals surface area contributed by atoms with Crippen LogP contribution in [-0.4, -0.2) is 16.3 Å². The lowest BCUT2D eigenvalue weighted by atomic mass is 10.2. The average molecular weight is 219 g/mol. The van der Waals surface area contributed by atoms with Crippen molar-refractivity contribution in [1.82, 2.24) is 4.57 Å². The molecule has 3 nitrogen and oxygen atoms in total. The lowest BCUT2D eigenvalue weighted by Crippen LogP contribution is -1.92. The van der Waals surface area contributed by atoms with Gasteiger partial charge in [-0.1, -0.05) is 12.1 Å². The molecule has 1 aromatic heterocycles. The molecule has 1 aromatic carbocycles. The third kappa shape index (κ3) is 1.78. The fraction of sp³-hybridized carbons (Fsp3) is 0.385. The zero-order chi connectivity index (χ0) is 11.5. The Balaban J connectivity index is 2.54. The quantitative estimate of drug-likeness (QED) is 0.858. The number of rotatable bonds is 4. The van der Waals surface area contributed by atoms with Crippen molar-refractivity contribution in [1.29, 1.82) is 0 Å². The molecule has 3 heteroatoms. The lowest BCUT2D eigenvalue weighted by molar-refractivity contribution is 0.135. The van der Waals surface area contributed by atoms with Crippen LogP contribution in [0.5, 0.6) is 5.75 Å². The summed E-state index contributed by atoms with van der Waals surface area (Å²) >= 11 is 0. The van der Waals surface area contributed by atoms with Crippen molar-refractivity contribution in [3.05, 3.63) is 30.0 Å². The van der Waals surface area contributed by atoms with Crippen LogP contribution in [0.4, 0.5) is 0 Å². The number of phenols is 1. The van der Waals surface area contributed by atoms with Gasteiger partial charge < -0.3 is 14.4 Å². The molecule has 1 N–H and O–H groups in total. The summed E-state index contributed by atoms with van der Waals surface area (Å²) in [5, 5.41) is 10.9. The van der Waals surface area contributed by atoms with Crippen molar-refractivity contribution < 1.29 is 9.84 Å². The number of aryl methyl sites for hydroxylation is 1. The van der Waals surface area contributed by atoms with Crippen LogP contribution >= 0.6 is 0 Å². The molecule has 2 rings (SSSR count). The molecule has 16 heavy (non-hydrogen) atoms. The number of para-hydroxylation sites is 1. The zero-order valence-corrected chi connectivity index (χ0v) is 9.73. The lowest BCUT2D eigenvalue weighted by Gasteiger charge is -2.01. The van der Waals surface area contributed by atoms with Gasteiger partial charge in [0, 0.05) is 30.3 Å². The molecule has 2 aromatic rings. The van der Waals surface area contributed by atoms with E-state index < -0.39 is 0 Å². The largest absolute Gasteiger partial charge is 0.506 e. The number of phenolic OH excluding ortho intramolecular Hbond substituents is 1. The standard InChI is InChI=1S/C13H17NO2/c1-3-14-8-10(9-16-4-2)11-6-5-7-12(15)13(11)14/h5-8,15H,3-4,9H2,1-2H3. The van der Waals surface area contributed by atoms with Gasteiger partial charge in [-0.2, -0.15) is 0 Å². The Morgan fingerprint density at radius 2 is 2.12 bits per heavy atom. The molecule has 0 saturated carbocycles. The minimum absolute atomic E-state index is 0.335. The molecule has 0 unspecified atom stereocenters. The van der Waals surface area contributed by atoms with Gasteiger partial charge in [-0.15, -0.1) is 0 Å². The molecule has 0 aliphatic heterocycles. The number of fused-ring (bicyclic) bond motifs is 1. The normalized spacial score (nSPS) is 11.1. The molecular weight excluding hydrogens is 202 g/mol. The molecule has 0 atom stereocenters. The summed E-state index contributed by atoms with van der Waals surface area (Å²) in [6, 6.07) is 5.61. The maximum absolute atomic E-state index is 9.86. The number of nitrogens with zero attached hydrogens (tertiary/aromatic N) is 1. The van der Waals surface area contributed by atoms with Gasteiger partial charge in [-0.3, -0.25) is 0 Å². The number of aromatic nitrogens is 1. The van der Waals surface area contributed by atoms with E-state index in [0.717, 1.165) is 23.0 Å². The van der Waals surface area contributed by atoms with Gasteiger partial charge >= 0.3 is 0 Å². The zero-order valence-electron chi connectivity index (χ0n) is 9.73. The van der Waals surface area contributed by atoms with Crippen molar-refractivity contribution >= 4 is 10.9 Å². The predicted molar refractivity (Wildman–Crippen MR) is 64.6 cm³/mol. The summed E-state index contributed by atoms with van der Waals surface area (Å²) in [5.74, 6) is 0.335. The van der Waals surface area contributed by atoms with Crippen LogP contribution in [0.15, 0.2) is 24.4 Å². The maximum Gasteiger partial charge on any atom is 0.139 e. The first-order valence-corrected chi connectivity index (χ1v) is 5.65. The minimum Gasteiger partial charge on any atom is -0.506 e. The van der Waals surface area contributed by atoms with Gasteiger partial charge in [-0.25, -0.2) is 0 Å². The topological polar surface area (TPSA) is 34.4 Å². The van der Waals surface area contributed by atoms with E-state index in [1.807, 2.05) is 19.1 Å². The summed E-state index contributed by atoms with van der Waals surface area (Å²) in [4.78, 5) is 0. The van der Waals surface area contributed by atoms with E-state index in [1.54, 1.807) is 6.07 Å². The molecule has 0 spiro atoms. The first-order chi connectivity index (χ1) is 7.77. The van der Waals surface area contributed by atoms with Gasteiger partial charge in [0.15, 0.2) is 0 Å². The second kappa shape index (κ2) is 4.58. The number of ether oxygens (including phenoxy) is 1. The van der Waals surface area contributed by atoms with Crippen LogP contribution < -0.4 is 0 Å². The molecule has 0 aliphatic rings. The van der Waals surface area contributed by atoms with E-state index in [9.17, 15) is 5.11 Å². The number of hydrogen-bond donors (Lipinski definition) is 1. The average Bonchev–Trinajstić information content (AvgIpc) is 2.66. The summed E-state index contributed by atoms with van der Waals surface area (Å²) in [6.45, 7) is 6.20. The molecule has 1 heterocycles. The number of benzene rings is 1. The highest BCUT2D eigenvalue weighted by Crippen LogP contribution is 2.29. The smallest absolute Gasteiger partial charge is 0.139 e. The second-order valence-electron chi connectivity index (χ2n) is 3.75. The summed E-state index contributed by atoms with van der Waals surface area (Å²) in [5.41, 5.74) is 2.04. The van der Waals surface area contributed by atoms with Crippen LogP contribution in [0.3, 0.4) is 0 Å². The van der Waals surface area contributed by atoms with Gasteiger partial charge in [0.1, 0.15) is 5.75 Å². The minimum atomic E-state index is 0.335. The molecule has 0 bridgehead atoms. The molecule has 0 aliphatic carbocycles. The van der Waals surface area contributed by atoms with E-state index in [1.165, 1.54) is 0 Å². The molecule has 0 fully saturated rings. The first-order valence-electron chi connectivity index (χ1n) is 5.65. The molecule has 0 amide bonds. The van der Waals surface area contributed by atoms with Crippen LogP contribution in [0.25, 0.3) is 10.9 Å². The van der Waals surface area contributed by atoms with Crippen LogP contribution in [0, 0.1) is 0 Å². The van der Waals surface area contributed by atoms with Crippen LogP contribution in [0.1, 0.15) is 19.4 Å². The Morgan fingerprint density at radius 3 is 2.81 bits per heavy atom. The molecule has 0 saturated heterocycles. The predicted octanol–water partition coefficient (Wildman–Crippen LogP) is 2.90. The van der Waals surface area contributed by atoms with Crippen molar-refractivity contribution in [3.8, 4) is 5.75 Å². The van der Waals surface area contributed by atoms with Gasteiger partial charge in [0.05, 0.1) is 12.1 Å². The Labute approximate surface area is 95.3 Å². The Kier molecular flexibility index (Phi) is 3.15. The van der Waals surface area contributed by atoms with Crippen molar-refractivity contribution in [2.75, 3.05) is 6.61 Å². The Bertz CT molecular complexity index is 488. The fourth-order valence-corrected chi connectivity index (χ4v) is 1.99. The molecular formula is C13H17NO2. The Hall–Kier alpha value is -1.48. The van der Waals surface area contributed by atoms with Crippen LogP contribution in [-0.2, 0) is 17.9 Å². The van der Waals surface area contributed by atoms with E-state index in [0.29, 0.717) is 19.0 Å². The van der Waals surface area contributed by atoms with E-state index in [2.05, 4.69) is 17.7 Å². The fourth-order valence-electron chi connectivity index (χ4n) is 1.99. The monoisotopic (exact) mass is 219 g/mol. The van der Waals surface area contributed by atoms with E-state index in [4.69, 9.17) is 4.74 Å². The van der Waals surface area contributed by atoms with Crippen molar-refractivity contribution in [2.45, 2.75) is 27.0 Å². The maximum atomic E-state index is 9.86. The number of hydrogen-bond acceptors (Lipinski definition) is 2. The third-order valence-corrected chi connectivity index (χ3v) is 2.76. The van der Waals surface area contributed by atoms with Gasteiger partial charge in [-0.05, 0) is 19.9 Å². The highest BCUT2D eigenvalue weighted by Gasteiger charge is 2.10. The van der Waals surface area contributed by atoms with Crippen molar-refractivity contribution in [3.63, 3.8) is 0 Å². The van der Waals surface area contributed by atoms with Gasteiger partial charge in [0.25, 0.3) is 0 Å². The molecule has 0 radical (unpaired) electrons. The van der Waals surface area contributed by atoms with Gasteiger partial charge in [0.2, 0.25) is 0 Å². The second-order valence-corrected chi connectivity index (χ2v) is 3.75. The summed E-state index contributed by atoms with van der Waals surface area (Å²) in [6.07, 6.45) is 2.06. The third-order valence-electron chi connectivity index (χ3n) is 2.76. The van der Waals surface area contributed by atoms with Crippen LogP contribution in [0.2, 0.25) is 0 Å². The first kappa shape index (κ1) is 11.0. The SMILES string of the molecule is CCOCc1cn(CC)c2c(O)cccc12. The summed E-state index contributed by atoms with van der Waals surface area (Å²) < 4.78 is 7.48. The van der Waals surface area contributed by atoms with Crippen molar-refractivity contribution in [2.24, 2.45) is 0 Å².